The molecule has 4 heterocycles. The highest BCUT2D eigenvalue weighted by molar-refractivity contribution is 7.15. The lowest BCUT2D eigenvalue weighted by molar-refractivity contribution is -0.141. The summed E-state index contributed by atoms with van der Waals surface area (Å²) in [6, 6.07) is 2.26. The van der Waals surface area contributed by atoms with Gasteiger partial charge in [-0.05, 0) is 12.1 Å². The molecule has 130 valence electrons. The van der Waals surface area contributed by atoms with E-state index in [0.29, 0.717) is 10.8 Å². The third-order valence-electron chi connectivity index (χ3n) is 3.22. The molecular weight excluding hydrogens is 395 g/mol. The quantitative estimate of drug-likeness (QED) is 0.517. The second kappa shape index (κ2) is 6.62. The Hall–Kier alpha value is -2.17. The third kappa shape index (κ3) is 3.46. The first-order valence-electron chi connectivity index (χ1n) is 6.67. The lowest BCUT2D eigenvalue weighted by Gasteiger charge is -2.06. The van der Waals surface area contributed by atoms with Crippen molar-refractivity contribution >= 4 is 50.9 Å². The molecule has 0 aliphatic rings. The summed E-state index contributed by atoms with van der Waals surface area (Å²) in [5.74, 6) is 0. The normalized spacial score (nSPS) is 11.5. The summed E-state index contributed by atoms with van der Waals surface area (Å²) in [5, 5.41) is 7.32. The molecule has 0 amide bonds. The van der Waals surface area contributed by atoms with E-state index >= 15 is 0 Å². The summed E-state index contributed by atoms with van der Waals surface area (Å²) in [4.78, 5) is 13.0. The van der Waals surface area contributed by atoms with E-state index < -0.39 is 11.9 Å². The molecule has 25 heavy (non-hydrogen) atoms. The number of pyridine rings is 1. The second-order valence-electron chi connectivity index (χ2n) is 4.79. The Morgan fingerprint density at radius 3 is 2.64 bits per heavy atom. The fourth-order valence-electron chi connectivity index (χ4n) is 2.12. The van der Waals surface area contributed by atoms with Gasteiger partial charge < -0.3 is 5.32 Å². The lowest BCUT2D eigenvalue weighted by Crippen LogP contribution is -2.07. The number of hydrogen-bond donors (Lipinski definition) is 1. The molecule has 5 nitrogen and oxygen atoms in total. The first-order valence-corrected chi connectivity index (χ1v) is 8.43. The van der Waals surface area contributed by atoms with Gasteiger partial charge in [0.25, 0.3) is 0 Å². The van der Waals surface area contributed by atoms with Crippen LogP contribution >= 0.6 is 35.1 Å². The Balaban J connectivity index is 0.00000182. The number of nitrogens with zero attached hydrogens (tertiary/aromatic N) is 4. The number of imidazole rings is 1. The number of nitrogens with one attached hydrogen (secondary N) is 1. The van der Waals surface area contributed by atoms with Gasteiger partial charge in [-0.2, -0.15) is 13.2 Å². The molecule has 0 aliphatic heterocycles. The van der Waals surface area contributed by atoms with Crippen molar-refractivity contribution in [2.75, 3.05) is 5.32 Å². The van der Waals surface area contributed by atoms with Gasteiger partial charge in [-0.3, -0.25) is 4.40 Å². The highest BCUT2D eigenvalue weighted by atomic mass is 35.5. The number of anilines is 2. The molecule has 0 unspecified atom stereocenters. The number of hydrogen-bond acceptors (Lipinski definition) is 6. The zero-order chi connectivity index (χ0) is 16.7. The van der Waals surface area contributed by atoms with Crippen LogP contribution in [0.4, 0.5) is 24.0 Å². The van der Waals surface area contributed by atoms with Gasteiger partial charge in [0, 0.05) is 17.0 Å². The SMILES string of the molecule is Cl.FC(F)(F)c1ccc(Nc2nc(-c3cnc4sccn34)cs2)cn1. The minimum absolute atomic E-state index is 0. The van der Waals surface area contributed by atoms with Crippen LogP contribution in [-0.2, 0) is 6.18 Å². The molecule has 0 radical (unpaired) electrons. The Kier molecular flexibility index (Phi) is 4.67. The van der Waals surface area contributed by atoms with E-state index in [1.54, 1.807) is 6.20 Å². The molecule has 4 aromatic heterocycles. The number of rotatable bonds is 3. The zero-order valence-corrected chi connectivity index (χ0v) is 14.6. The van der Waals surface area contributed by atoms with Crippen molar-refractivity contribution in [1.29, 1.82) is 0 Å². The minimum atomic E-state index is -4.44. The van der Waals surface area contributed by atoms with Crippen molar-refractivity contribution in [3.63, 3.8) is 0 Å². The van der Waals surface area contributed by atoms with Gasteiger partial charge in [-0.1, -0.05) is 0 Å². The first kappa shape index (κ1) is 17.6. The molecule has 0 bridgehead atoms. The first-order chi connectivity index (χ1) is 11.5. The van der Waals surface area contributed by atoms with Crippen molar-refractivity contribution in [2.24, 2.45) is 0 Å². The van der Waals surface area contributed by atoms with Crippen LogP contribution in [0.1, 0.15) is 5.69 Å². The Morgan fingerprint density at radius 1 is 1.08 bits per heavy atom. The van der Waals surface area contributed by atoms with Crippen LogP contribution < -0.4 is 5.32 Å². The van der Waals surface area contributed by atoms with Crippen molar-refractivity contribution in [3.8, 4) is 11.4 Å². The van der Waals surface area contributed by atoms with E-state index in [1.165, 1.54) is 28.7 Å². The summed E-state index contributed by atoms with van der Waals surface area (Å²) in [6.45, 7) is 0. The summed E-state index contributed by atoms with van der Waals surface area (Å²) >= 11 is 2.88. The molecule has 0 saturated heterocycles. The van der Waals surface area contributed by atoms with Gasteiger partial charge in [0.15, 0.2) is 10.1 Å². The predicted octanol–water partition coefficient (Wildman–Crippen LogP) is 5.10. The number of halogens is 4. The van der Waals surface area contributed by atoms with E-state index in [1.807, 2.05) is 21.4 Å². The number of alkyl halides is 3. The lowest BCUT2D eigenvalue weighted by atomic mass is 10.3. The van der Waals surface area contributed by atoms with Gasteiger partial charge in [-0.25, -0.2) is 15.0 Å². The third-order valence-corrected chi connectivity index (χ3v) is 4.75. The molecule has 0 aliphatic carbocycles. The van der Waals surface area contributed by atoms with Gasteiger partial charge >= 0.3 is 6.18 Å². The summed E-state index contributed by atoms with van der Waals surface area (Å²) < 4.78 is 39.5. The second-order valence-corrected chi connectivity index (χ2v) is 6.52. The van der Waals surface area contributed by atoms with E-state index in [-0.39, 0.29) is 12.4 Å². The van der Waals surface area contributed by atoms with Crippen LogP contribution in [0.15, 0.2) is 41.5 Å². The smallest absolute Gasteiger partial charge is 0.330 e. The Bertz CT molecular complexity index is 990. The van der Waals surface area contributed by atoms with Crippen molar-refractivity contribution in [1.82, 2.24) is 19.4 Å². The average Bonchev–Trinajstić information content (AvgIpc) is 3.22. The summed E-state index contributed by atoms with van der Waals surface area (Å²) in [5.41, 5.74) is 1.12. The fourth-order valence-corrected chi connectivity index (χ4v) is 3.54. The fraction of sp³-hybridized carbons (Fsp3) is 0.0714. The van der Waals surface area contributed by atoms with E-state index in [9.17, 15) is 13.2 Å². The molecular formula is C14H9ClF3N5S2. The maximum atomic E-state index is 12.5. The zero-order valence-electron chi connectivity index (χ0n) is 12.2. The number of thiazole rings is 2. The average molecular weight is 404 g/mol. The predicted molar refractivity (Wildman–Crippen MR) is 93.9 cm³/mol. The molecule has 0 spiro atoms. The summed E-state index contributed by atoms with van der Waals surface area (Å²) in [7, 11) is 0. The highest BCUT2D eigenvalue weighted by Crippen LogP contribution is 2.30. The maximum Gasteiger partial charge on any atom is 0.433 e. The van der Waals surface area contributed by atoms with E-state index in [4.69, 9.17) is 0 Å². The van der Waals surface area contributed by atoms with Crippen molar-refractivity contribution < 1.29 is 13.2 Å². The summed E-state index contributed by atoms with van der Waals surface area (Å²) in [6.07, 6.45) is 0.347. The van der Waals surface area contributed by atoms with E-state index in [2.05, 4.69) is 20.3 Å². The van der Waals surface area contributed by atoms with Crippen molar-refractivity contribution in [3.05, 3.63) is 47.2 Å². The van der Waals surface area contributed by atoms with Crippen LogP contribution in [0.5, 0.6) is 0 Å². The van der Waals surface area contributed by atoms with E-state index in [0.717, 1.165) is 28.6 Å². The van der Waals surface area contributed by atoms with Crippen LogP contribution in [0, 0.1) is 0 Å². The molecule has 0 saturated carbocycles. The highest BCUT2D eigenvalue weighted by Gasteiger charge is 2.32. The van der Waals surface area contributed by atoms with Gasteiger partial charge in [-0.15, -0.1) is 35.1 Å². The van der Waals surface area contributed by atoms with Crippen LogP contribution in [0.3, 0.4) is 0 Å². The van der Waals surface area contributed by atoms with Crippen molar-refractivity contribution in [2.45, 2.75) is 6.18 Å². The molecule has 0 fully saturated rings. The van der Waals surface area contributed by atoms with Gasteiger partial charge in [0.2, 0.25) is 0 Å². The van der Waals surface area contributed by atoms with Crippen LogP contribution in [0.25, 0.3) is 16.3 Å². The maximum absolute atomic E-state index is 12.5. The van der Waals surface area contributed by atoms with Gasteiger partial charge in [0.05, 0.1) is 23.8 Å². The Labute approximate surface area is 153 Å². The van der Waals surface area contributed by atoms with Crippen LogP contribution in [-0.4, -0.2) is 19.4 Å². The number of fused-ring (bicyclic) bond motifs is 1. The minimum Gasteiger partial charge on any atom is -0.330 e. The topological polar surface area (TPSA) is 55.1 Å². The largest absolute Gasteiger partial charge is 0.433 e. The molecule has 0 atom stereocenters. The van der Waals surface area contributed by atoms with Crippen LogP contribution in [0.2, 0.25) is 0 Å². The van der Waals surface area contributed by atoms with Gasteiger partial charge in [0.1, 0.15) is 11.4 Å². The molecule has 4 rings (SSSR count). The molecule has 11 heteroatoms. The molecule has 0 aromatic carbocycles. The molecule has 4 aromatic rings. The number of aromatic nitrogens is 4. The monoisotopic (exact) mass is 403 g/mol. The molecule has 1 N–H and O–H groups in total. The Morgan fingerprint density at radius 2 is 1.92 bits per heavy atom. The standard InChI is InChI=1S/C14H8F3N5S2.ClH/c15-14(16,17)11-2-1-8(5-18-11)20-12-21-9(7-24-12)10-6-19-13-22(10)3-4-23-13;/h1-7H,(H,20,21);1H.